The second-order valence-corrected chi connectivity index (χ2v) is 9.85. The van der Waals surface area contributed by atoms with Gasteiger partial charge in [-0.05, 0) is 38.1 Å². The van der Waals surface area contributed by atoms with Crippen molar-refractivity contribution >= 4 is 33.9 Å². The molecule has 1 aromatic rings. The number of sulfone groups is 1. The summed E-state index contributed by atoms with van der Waals surface area (Å²) >= 11 is 0. The minimum atomic E-state index is -4.14. The van der Waals surface area contributed by atoms with E-state index in [0.29, 0.717) is 18.7 Å². The molecule has 0 bridgehead atoms. The van der Waals surface area contributed by atoms with Gasteiger partial charge in [-0.15, -0.1) is 0 Å². The van der Waals surface area contributed by atoms with E-state index >= 15 is 0 Å². The van der Waals surface area contributed by atoms with Gasteiger partial charge in [-0.3, -0.25) is 19.5 Å². The van der Waals surface area contributed by atoms with Crippen molar-refractivity contribution in [2.75, 3.05) is 19.7 Å². The molecule has 11 nitrogen and oxygen atoms in total. The summed E-state index contributed by atoms with van der Waals surface area (Å²) in [6.45, 7) is 2.41. The topological polar surface area (TPSA) is 158 Å². The number of nitrogens with one attached hydrogen (secondary N) is 1. The van der Waals surface area contributed by atoms with E-state index in [2.05, 4.69) is 10.3 Å². The summed E-state index contributed by atoms with van der Waals surface area (Å²) in [5.74, 6) is -1.36. The van der Waals surface area contributed by atoms with Crippen LogP contribution in [0.25, 0.3) is 6.08 Å². The molecule has 0 aromatic carbocycles. The van der Waals surface area contributed by atoms with E-state index < -0.39 is 50.8 Å². The van der Waals surface area contributed by atoms with Crippen LogP contribution >= 0.6 is 0 Å². The Labute approximate surface area is 179 Å². The molecule has 3 heterocycles. The summed E-state index contributed by atoms with van der Waals surface area (Å²) in [7, 11) is -4.14. The first-order chi connectivity index (χ1) is 14.6. The van der Waals surface area contributed by atoms with Crippen LogP contribution in [0.1, 0.15) is 26.0 Å². The molecule has 1 aromatic heterocycles. The van der Waals surface area contributed by atoms with E-state index in [4.69, 9.17) is 15.2 Å². The number of pyridine rings is 1. The summed E-state index contributed by atoms with van der Waals surface area (Å²) < 4.78 is 35.3. The molecule has 3 N–H and O–H groups in total. The zero-order chi connectivity index (χ0) is 22.8. The number of aromatic nitrogens is 1. The highest BCUT2D eigenvalue weighted by Gasteiger charge is 2.72. The van der Waals surface area contributed by atoms with Crippen molar-refractivity contribution in [1.82, 2.24) is 15.2 Å². The molecular formula is C19H24N4O7S. The second kappa shape index (κ2) is 8.63. The van der Waals surface area contributed by atoms with Crippen LogP contribution in [0.3, 0.4) is 0 Å². The monoisotopic (exact) mass is 452 g/mol. The zero-order valence-corrected chi connectivity index (χ0v) is 17.9. The van der Waals surface area contributed by atoms with Crippen LogP contribution in [0.4, 0.5) is 4.79 Å². The van der Waals surface area contributed by atoms with Crippen molar-refractivity contribution in [2.45, 2.75) is 36.6 Å². The lowest BCUT2D eigenvalue weighted by Gasteiger charge is -2.38. The van der Waals surface area contributed by atoms with Gasteiger partial charge in [0.15, 0.2) is 20.0 Å². The van der Waals surface area contributed by atoms with Gasteiger partial charge in [0.2, 0.25) is 6.23 Å². The predicted octanol–water partition coefficient (Wildman–Crippen LogP) is -0.215. The van der Waals surface area contributed by atoms with Crippen LogP contribution in [-0.2, 0) is 28.9 Å². The number of esters is 1. The number of hydrogen-bond acceptors (Lipinski definition) is 9. The Morgan fingerprint density at radius 1 is 1.39 bits per heavy atom. The van der Waals surface area contributed by atoms with E-state index in [1.54, 1.807) is 18.2 Å². The highest BCUT2D eigenvalue weighted by molar-refractivity contribution is 7.94. The molecule has 0 unspecified atom stereocenters. The molecule has 12 heteroatoms. The maximum Gasteiger partial charge on any atom is 0.407 e. The quantitative estimate of drug-likeness (QED) is 0.247. The van der Waals surface area contributed by atoms with Gasteiger partial charge in [-0.2, -0.15) is 0 Å². The Bertz CT molecular complexity index is 1010. The Balaban J connectivity index is 1.90. The standard InChI is InChI=1S/C19H24N4O7S/c1-12(24)30-17-19(2,11-29-18(26)22-9-5-7-20)31(27,28)16-14(15(25)23(16)17)10-13-6-3-4-8-21-13/h3-4,6,8,10,16-17H,5,7,9,11,20H2,1-2H3,(H,22,26)/b14-10-/t16-,17+,19+/m1/s1. The molecule has 0 aliphatic carbocycles. The number of fused-ring (bicyclic) bond motifs is 1. The third-order valence-electron chi connectivity index (χ3n) is 5.13. The summed E-state index contributed by atoms with van der Waals surface area (Å²) in [4.78, 5) is 41.4. The van der Waals surface area contributed by atoms with Crippen LogP contribution in [0.2, 0.25) is 0 Å². The first-order valence-electron chi connectivity index (χ1n) is 9.60. The zero-order valence-electron chi connectivity index (χ0n) is 17.1. The Morgan fingerprint density at radius 2 is 2.13 bits per heavy atom. The van der Waals surface area contributed by atoms with E-state index in [-0.39, 0.29) is 12.1 Å². The maximum atomic E-state index is 13.4. The predicted molar refractivity (Wildman–Crippen MR) is 109 cm³/mol. The fourth-order valence-corrected chi connectivity index (χ4v) is 5.66. The minimum absolute atomic E-state index is 0.00646. The van der Waals surface area contributed by atoms with E-state index in [1.165, 1.54) is 19.2 Å². The third kappa shape index (κ3) is 4.00. The normalized spacial score (nSPS) is 27.4. The summed E-state index contributed by atoms with van der Waals surface area (Å²) in [5.41, 5.74) is 5.78. The molecule has 31 heavy (non-hydrogen) atoms. The van der Waals surface area contributed by atoms with E-state index in [9.17, 15) is 22.8 Å². The Morgan fingerprint density at radius 3 is 2.74 bits per heavy atom. The maximum absolute atomic E-state index is 13.4. The highest BCUT2D eigenvalue weighted by Crippen LogP contribution is 2.49. The summed E-state index contributed by atoms with van der Waals surface area (Å²) in [5, 5.41) is 1.12. The number of ether oxygens (including phenoxy) is 2. The average molecular weight is 452 g/mol. The number of nitrogens with two attached hydrogens (primary N) is 1. The van der Waals surface area contributed by atoms with Crippen molar-refractivity contribution in [1.29, 1.82) is 0 Å². The van der Waals surface area contributed by atoms with Gasteiger partial charge in [0, 0.05) is 19.7 Å². The van der Waals surface area contributed by atoms with Gasteiger partial charge >= 0.3 is 12.1 Å². The lowest BCUT2D eigenvalue weighted by atomic mass is 10.0. The Kier molecular flexibility index (Phi) is 6.32. The van der Waals surface area contributed by atoms with Crippen molar-refractivity contribution in [3.8, 4) is 0 Å². The molecule has 2 aliphatic heterocycles. The molecule has 2 fully saturated rings. The molecule has 2 amide bonds. The molecule has 2 saturated heterocycles. The van der Waals surface area contributed by atoms with Crippen LogP contribution in [0.15, 0.2) is 30.0 Å². The van der Waals surface area contributed by atoms with Gasteiger partial charge < -0.3 is 20.5 Å². The SMILES string of the molecule is CC(=O)O[C@@H]1N2C(=O)/C(=C/c3ccccn3)[C@H]2S(=O)(=O)[C@@]1(C)COC(=O)NCCCN. The smallest absolute Gasteiger partial charge is 0.407 e. The number of carbonyl (C=O) groups excluding carboxylic acids is 3. The first-order valence-corrected chi connectivity index (χ1v) is 11.1. The third-order valence-corrected chi connectivity index (χ3v) is 7.82. The first kappa shape index (κ1) is 22.7. The second-order valence-electron chi connectivity index (χ2n) is 7.38. The number of nitrogens with zero attached hydrogens (tertiary/aromatic N) is 2. The number of hydrogen-bond donors (Lipinski definition) is 2. The van der Waals surface area contributed by atoms with Crippen molar-refractivity contribution < 1.29 is 32.3 Å². The van der Waals surface area contributed by atoms with Crippen LogP contribution < -0.4 is 11.1 Å². The van der Waals surface area contributed by atoms with E-state index in [0.717, 1.165) is 11.8 Å². The van der Waals surface area contributed by atoms with Gasteiger partial charge in [-0.1, -0.05) is 6.07 Å². The molecular weight excluding hydrogens is 428 g/mol. The van der Waals surface area contributed by atoms with Gasteiger partial charge in [0.1, 0.15) is 6.61 Å². The Hall–Kier alpha value is -2.99. The van der Waals surface area contributed by atoms with Crippen molar-refractivity contribution in [3.05, 3.63) is 35.7 Å². The number of alkyl carbamates (subject to hydrolysis) is 1. The number of carbonyl (C=O) groups is 3. The molecule has 0 spiro atoms. The fraction of sp³-hybridized carbons (Fsp3) is 0.474. The van der Waals surface area contributed by atoms with Crippen molar-refractivity contribution in [3.63, 3.8) is 0 Å². The van der Waals surface area contributed by atoms with Gasteiger partial charge in [-0.25, -0.2) is 13.2 Å². The highest BCUT2D eigenvalue weighted by atomic mass is 32.2. The lowest BCUT2D eigenvalue weighted by Crippen LogP contribution is -2.58. The van der Waals surface area contributed by atoms with Crippen LogP contribution in [0.5, 0.6) is 0 Å². The number of β-lactam (4-membered cyclic amide) rings is 1. The molecule has 168 valence electrons. The van der Waals surface area contributed by atoms with Gasteiger partial charge in [0.05, 0.1) is 11.3 Å². The van der Waals surface area contributed by atoms with Crippen molar-refractivity contribution in [2.24, 2.45) is 5.73 Å². The largest absolute Gasteiger partial charge is 0.448 e. The van der Waals surface area contributed by atoms with Crippen LogP contribution in [0, 0.1) is 0 Å². The summed E-state index contributed by atoms with van der Waals surface area (Å²) in [6.07, 6.45) is 1.14. The molecule has 2 aliphatic rings. The van der Waals surface area contributed by atoms with Crippen LogP contribution in [-0.4, -0.2) is 72.3 Å². The molecule has 0 radical (unpaired) electrons. The molecule has 3 atom stereocenters. The number of amides is 2. The summed E-state index contributed by atoms with van der Waals surface area (Å²) in [6, 6.07) is 5.02. The molecule has 0 saturated carbocycles. The minimum Gasteiger partial charge on any atom is -0.448 e. The average Bonchev–Trinajstić information content (AvgIpc) is 2.87. The number of rotatable bonds is 7. The van der Waals surface area contributed by atoms with Gasteiger partial charge in [0.25, 0.3) is 5.91 Å². The molecule has 3 rings (SSSR count). The lowest BCUT2D eigenvalue weighted by molar-refractivity contribution is -0.168. The fourth-order valence-electron chi connectivity index (χ4n) is 3.48. The van der Waals surface area contributed by atoms with E-state index in [1.807, 2.05) is 0 Å².